The molecule has 1 aromatic heterocycles. The van der Waals surface area contributed by atoms with Crippen molar-refractivity contribution in [2.75, 3.05) is 17.7 Å². The van der Waals surface area contributed by atoms with Gasteiger partial charge in [-0.25, -0.2) is 9.97 Å². The second-order valence-electron chi connectivity index (χ2n) is 8.14. The second-order valence-corrected chi connectivity index (χ2v) is 8.14. The van der Waals surface area contributed by atoms with E-state index in [0.717, 1.165) is 33.4 Å². The average Bonchev–Trinajstić information content (AvgIpc) is 2.90. The van der Waals surface area contributed by atoms with Crippen LogP contribution in [0.3, 0.4) is 0 Å². The number of aromatic nitrogens is 2. The van der Waals surface area contributed by atoms with E-state index in [1.165, 1.54) is 0 Å². The van der Waals surface area contributed by atoms with Crippen LogP contribution in [0.25, 0.3) is 22.2 Å². The first kappa shape index (κ1) is 22.1. The minimum absolute atomic E-state index is 0.233. The Bertz CT molecular complexity index is 1500. The molecule has 1 amide bonds. The van der Waals surface area contributed by atoms with Gasteiger partial charge in [-0.1, -0.05) is 54.1 Å². The molecule has 5 aromatic rings. The molecule has 0 aliphatic rings. The van der Waals surface area contributed by atoms with Crippen molar-refractivity contribution in [3.8, 4) is 17.0 Å². The van der Waals surface area contributed by atoms with Gasteiger partial charge in [0.25, 0.3) is 5.91 Å². The SMILES string of the molecule is COc1ccccc1C(=O)Nc1ccc(Nc2nc(-c3ccccc3)c3cc(C)ccc3n2)cc1. The zero-order valence-corrected chi connectivity index (χ0v) is 19.4. The first-order chi connectivity index (χ1) is 17.1. The first-order valence-corrected chi connectivity index (χ1v) is 11.3. The maximum atomic E-state index is 12.7. The van der Waals surface area contributed by atoms with Gasteiger partial charge in [0.15, 0.2) is 0 Å². The molecule has 35 heavy (non-hydrogen) atoms. The van der Waals surface area contributed by atoms with E-state index in [-0.39, 0.29) is 5.91 Å². The standard InChI is InChI=1S/C29H24N4O2/c1-19-12-17-25-24(18-19)27(20-8-4-3-5-9-20)33-29(32-25)31-22-15-13-21(14-16-22)30-28(34)23-10-6-7-11-26(23)35-2/h3-18H,1-2H3,(H,30,34)(H,31,32,33). The zero-order chi connectivity index (χ0) is 24.2. The summed E-state index contributed by atoms with van der Waals surface area (Å²) >= 11 is 0. The Morgan fingerprint density at radius 3 is 2.29 bits per heavy atom. The Hall–Kier alpha value is -4.71. The summed E-state index contributed by atoms with van der Waals surface area (Å²) in [5, 5.41) is 7.21. The molecule has 1 heterocycles. The van der Waals surface area contributed by atoms with Gasteiger partial charge in [-0.15, -0.1) is 0 Å². The fraction of sp³-hybridized carbons (Fsp3) is 0.0690. The van der Waals surface area contributed by atoms with E-state index in [1.807, 2.05) is 72.8 Å². The number of aryl methyl sites for hydroxylation is 1. The molecule has 0 aliphatic carbocycles. The Balaban J connectivity index is 1.40. The number of nitrogens with one attached hydrogen (secondary N) is 2. The fourth-order valence-electron chi connectivity index (χ4n) is 3.91. The first-order valence-electron chi connectivity index (χ1n) is 11.3. The van der Waals surface area contributed by atoms with Gasteiger partial charge in [0.05, 0.1) is 23.9 Å². The third-order valence-electron chi connectivity index (χ3n) is 5.65. The number of anilines is 3. The van der Waals surface area contributed by atoms with Gasteiger partial charge in [-0.3, -0.25) is 4.79 Å². The molecule has 5 rings (SSSR count). The van der Waals surface area contributed by atoms with E-state index in [4.69, 9.17) is 14.7 Å². The van der Waals surface area contributed by atoms with Crippen molar-refractivity contribution >= 4 is 34.1 Å². The number of nitrogens with zero attached hydrogens (tertiary/aromatic N) is 2. The van der Waals surface area contributed by atoms with Crippen LogP contribution in [0.1, 0.15) is 15.9 Å². The van der Waals surface area contributed by atoms with Gasteiger partial charge in [-0.05, 0) is 55.5 Å². The lowest BCUT2D eigenvalue weighted by Gasteiger charge is -2.12. The number of hydrogen-bond acceptors (Lipinski definition) is 5. The molecule has 0 saturated carbocycles. The van der Waals surface area contributed by atoms with Crippen LogP contribution in [-0.2, 0) is 0 Å². The molecule has 2 N–H and O–H groups in total. The quantitative estimate of drug-likeness (QED) is 0.298. The highest BCUT2D eigenvalue weighted by Gasteiger charge is 2.13. The molecule has 0 atom stereocenters. The summed E-state index contributed by atoms with van der Waals surface area (Å²) < 4.78 is 5.28. The summed E-state index contributed by atoms with van der Waals surface area (Å²) in [6.45, 7) is 2.06. The number of rotatable bonds is 6. The van der Waals surface area contributed by atoms with Gasteiger partial charge >= 0.3 is 0 Å². The maximum Gasteiger partial charge on any atom is 0.259 e. The van der Waals surface area contributed by atoms with E-state index in [9.17, 15) is 4.79 Å². The van der Waals surface area contributed by atoms with Gasteiger partial charge in [-0.2, -0.15) is 0 Å². The van der Waals surface area contributed by atoms with Crippen LogP contribution in [-0.4, -0.2) is 23.0 Å². The normalized spacial score (nSPS) is 10.7. The van der Waals surface area contributed by atoms with Gasteiger partial charge in [0.1, 0.15) is 5.75 Å². The largest absolute Gasteiger partial charge is 0.496 e. The Kier molecular flexibility index (Phi) is 6.09. The lowest BCUT2D eigenvalue weighted by atomic mass is 10.0. The number of amides is 1. The van der Waals surface area contributed by atoms with Crippen LogP contribution in [0.5, 0.6) is 5.75 Å². The zero-order valence-electron chi connectivity index (χ0n) is 19.4. The molecular formula is C29H24N4O2. The van der Waals surface area contributed by atoms with Gasteiger partial charge in [0, 0.05) is 22.3 Å². The number of benzene rings is 4. The van der Waals surface area contributed by atoms with Crippen molar-refractivity contribution in [3.63, 3.8) is 0 Å². The van der Waals surface area contributed by atoms with E-state index >= 15 is 0 Å². The summed E-state index contributed by atoms with van der Waals surface area (Å²) in [5.74, 6) is 0.802. The Morgan fingerprint density at radius 2 is 1.51 bits per heavy atom. The molecule has 0 saturated heterocycles. The Morgan fingerprint density at radius 1 is 0.800 bits per heavy atom. The maximum absolute atomic E-state index is 12.7. The van der Waals surface area contributed by atoms with Crippen LogP contribution in [0.15, 0.2) is 97.1 Å². The number of methoxy groups -OCH3 is 1. The summed E-state index contributed by atoms with van der Waals surface area (Å²) in [5.41, 5.74) is 5.89. The lowest BCUT2D eigenvalue weighted by molar-refractivity contribution is 0.102. The molecule has 6 nitrogen and oxygen atoms in total. The van der Waals surface area contributed by atoms with E-state index in [2.05, 4.69) is 23.6 Å². The number of carbonyl (C=O) groups excluding carboxylic acids is 1. The minimum atomic E-state index is -0.233. The highest BCUT2D eigenvalue weighted by molar-refractivity contribution is 6.06. The predicted molar refractivity (Wildman–Crippen MR) is 140 cm³/mol. The summed E-state index contributed by atoms with van der Waals surface area (Å²) in [6, 6.07) is 30.8. The molecule has 4 aromatic carbocycles. The summed E-state index contributed by atoms with van der Waals surface area (Å²) in [4.78, 5) is 22.2. The third-order valence-corrected chi connectivity index (χ3v) is 5.65. The van der Waals surface area contributed by atoms with Gasteiger partial charge < -0.3 is 15.4 Å². The van der Waals surface area contributed by atoms with Crippen molar-refractivity contribution in [3.05, 3.63) is 108 Å². The van der Waals surface area contributed by atoms with Crippen LogP contribution in [0.4, 0.5) is 17.3 Å². The molecule has 0 spiro atoms. The van der Waals surface area contributed by atoms with Crippen molar-refractivity contribution in [2.45, 2.75) is 6.92 Å². The predicted octanol–water partition coefficient (Wildman–Crippen LogP) is 6.61. The monoisotopic (exact) mass is 460 g/mol. The number of para-hydroxylation sites is 1. The topological polar surface area (TPSA) is 76.1 Å². The Labute approximate surface area is 203 Å². The number of fused-ring (bicyclic) bond motifs is 1. The molecule has 0 aliphatic heterocycles. The minimum Gasteiger partial charge on any atom is -0.496 e. The van der Waals surface area contributed by atoms with Crippen molar-refractivity contribution in [1.82, 2.24) is 9.97 Å². The summed E-state index contributed by atoms with van der Waals surface area (Å²) in [6.07, 6.45) is 0. The molecule has 0 unspecified atom stereocenters. The molecule has 6 heteroatoms. The van der Waals surface area contributed by atoms with Crippen molar-refractivity contribution in [2.24, 2.45) is 0 Å². The molecule has 0 radical (unpaired) electrons. The van der Waals surface area contributed by atoms with Crippen LogP contribution >= 0.6 is 0 Å². The molecule has 172 valence electrons. The highest BCUT2D eigenvalue weighted by atomic mass is 16.5. The van der Waals surface area contributed by atoms with Crippen LogP contribution < -0.4 is 15.4 Å². The molecular weight excluding hydrogens is 436 g/mol. The highest BCUT2D eigenvalue weighted by Crippen LogP contribution is 2.29. The van der Waals surface area contributed by atoms with Crippen molar-refractivity contribution in [1.29, 1.82) is 0 Å². The molecule has 0 fully saturated rings. The van der Waals surface area contributed by atoms with E-state index < -0.39 is 0 Å². The lowest BCUT2D eigenvalue weighted by Crippen LogP contribution is -2.13. The number of carbonyl (C=O) groups is 1. The number of hydrogen-bond donors (Lipinski definition) is 2. The third kappa shape index (κ3) is 4.82. The number of ether oxygens (including phenoxy) is 1. The second kappa shape index (κ2) is 9.65. The van der Waals surface area contributed by atoms with Crippen molar-refractivity contribution < 1.29 is 9.53 Å². The fourth-order valence-corrected chi connectivity index (χ4v) is 3.91. The molecule has 0 bridgehead atoms. The average molecular weight is 461 g/mol. The van der Waals surface area contributed by atoms with E-state index in [1.54, 1.807) is 25.3 Å². The van der Waals surface area contributed by atoms with Gasteiger partial charge in [0.2, 0.25) is 5.95 Å². The van der Waals surface area contributed by atoms with E-state index in [0.29, 0.717) is 22.9 Å². The van der Waals surface area contributed by atoms with Crippen LogP contribution in [0, 0.1) is 6.92 Å². The van der Waals surface area contributed by atoms with Crippen LogP contribution in [0.2, 0.25) is 0 Å². The smallest absolute Gasteiger partial charge is 0.259 e. The summed E-state index contributed by atoms with van der Waals surface area (Å²) in [7, 11) is 1.55.